The van der Waals surface area contributed by atoms with Crippen LogP contribution in [0.5, 0.6) is 0 Å². The molecule has 0 amide bonds. The Morgan fingerprint density at radius 2 is 1.94 bits per heavy atom. The molecule has 0 radical (unpaired) electrons. The van der Waals surface area contributed by atoms with E-state index in [2.05, 4.69) is 34.6 Å². The van der Waals surface area contributed by atoms with Gasteiger partial charge in [-0.2, -0.15) is 0 Å². The first kappa shape index (κ1) is 11.5. The van der Waals surface area contributed by atoms with Crippen molar-refractivity contribution in [2.45, 2.75) is 37.8 Å². The number of hydrogen-bond acceptors (Lipinski definition) is 3. The number of anilines is 1. The third-order valence-corrected chi connectivity index (χ3v) is 3.74. The van der Waals surface area contributed by atoms with E-state index in [1.165, 1.54) is 16.5 Å². The topological polar surface area (TPSA) is 45.1 Å². The zero-order valence-corrected chi connectivity index (χ0v) is 10.3. The molecule has 94 valence electrons. The van der Waals surface area contributed by atoms with Crippen molar-refractivity contribution in [1.82, 2.24) is 4.98 Å². The lowest BCUT2D eigenvalue weighted by atomic mass is 9.93. The summed E-state index contributed by atoms with van der Waals surface area (Å²) in [6.07, 6.45) is 7.53. The summed E-state index contributed by atoms with van der Waals surface area (Å²) in [5.74, 6) is 0. The van der Waals surface area contributed by atoms with Crippen LogP contribution in [0.25, 0.3) is 10.8 Å². The van der Waals surface area contributed by atoms with Gasteiger partial charge in [0.25, 0.3) is 0 Å². The van der Waals surface area contributed by atoms with Crippen molar-refractivity contribution in [1.29, 1.82) is 0 Å². The van der Waals surface area contributed by atoms with Gasteiger partial charge in [-0.05, 0) is 37.8 Å². The molecule has 1 saturated carbocycles. The lowest BCUT2D eigenvalue weighted by molar-refractivity contribution is 0.126. The number of rotatable bonds is 2. The van der Waals surface area contributed by atoms with E-state index in [9.17, 15) is 5.11 Å². The molecule has 0 saturated heterocycles. The molecular formula is C15H18N2O. The first-order chi connectivity index (χ1) is 8.83. The summed E-state index contributed by atoms with van der Waals surface area (Å²) in [5, 5.41) is 15.5. The van der Waals surface area contributed by atoms with Gasteiger partial charge in [-0.15, -0.1) is 0 Å². The summed E-state index contributed by atoms with van der Waals surface area (Å²) in [6.45, 7) is 0. The van der Waals surface area contributed by atoms with Gasteiger partial charge in [0.1, 0.15) is 0 Å². The summed E-state index contributed by atoms with van der Waals surface area (Å²) >= 11 is 0. The second kappa shape index (κ2) is 4.94. The largest absolute Gasteiger partial charge is 0.393 e. The fourth-order valence-corrected chi connectivity index (χ4v) is 2.69. The molecule has 0 bridgehead atoms. The van der Waals surface area contributed by atoms with Crippen LogP contribution in [0.1, 0.15) is 25.7 Å². The van der Waals surface area contributed by atoms with Crippen molar-refractivity contribution in [3.05, 3.63) is 36.7 Å². The van der Waals surface area contributed by atoms with Crippen molar-refractivity contribution in [3.63, 3.8) is 0 Å². The number of benzene rings is 1. The van der Waals surface area contributed by atoms with Crippen molar-refractivity contribution in [2.24, 2.45) is 0 Å². The van der Waals surface area contributed by atoms with Crippen LogP contribution in [0.4, 0.5) is 5.69 Å². The van der Waals surface area contributed by atoms with Gasteiger partial charge in [0.2, 0.25) is 0 Å². The molecule has 3 nitrogen and oxygen atoms in total. The van der Waals surface area contributed by atoms with Gasteiger partial charge in [0, 0.05) is 34.9 Å². The Labute approximate surface area is 107 Å². The quantitative estimate of drug-likeness (QED) is 0.851. The molecular weight excluding hydrogens is 224 g/mol. The van der Waals surface area contributed by atoms with Gasteiger partial charge in [-0.25, -0.2) is 0 Å². The van der Waals surface area contributed by atoms with Crippen LogP contribution in [0.2, 0.25) is 0 Å². The summed E-state index contributed by atoms with van der Waals surface area (Å²) in [7, 11) is 0. The number of nitrogens with zero attached hydrogens (tertiary/aromatic N) is 1. The monoisotopic (exact) mass is 242 g/mol. The van der Waals surface area contributed by atoms with E-state index in [0.29, 0.717) is 6.04 Å². The highest BCUT2D eigenvalue weighted by Gasteiger charge is 2.19. The Bertz CT molecular complexity index is 528. The molecule has 3 heteroatoms. The van der Waals surface area contributed by atoms with E-state index in [-0.39, 0.29) is 6.10 Å². The molecule has 1 aromatic heterocycles. The van der Waals surface area contributed by atoms with Gasteiger partial charge in [-0.1, -0.05) is 12.1 Å². The Morgan fingerprint density at radius 1 is 1.11 bits per heavy atom. The van der Waals surface area contributed by atoms with Crippen LogP contribution in [0.3, 0.4) is 0 Å². The van der Waals surface area contributed by atoms with Crippen LogP contribution in [0, 0.1) is 0 Å². The minimum atomic E-state index is -0.0974. The summed E-state index contributed by atoms with van der Waals surface area (Å²) < 4.78 is 0. The van der Waals surface area contributed by atoms with Crippen LogP contribution in [0.15, 0.2) is 36.7 Å². The van der Waals surface area contributed by atoms with E-state index in [1.54, 1.807) is 0 Å². The smallest absolute Gasteiger partial charge is 0.0541 e. The highest BCUT2D eigenvalue weighted by molar-refractivity contribution is 5.93. The molecule has 1 heterocycles. The van der Waals surface area contributed by atoms with Gasteiger partial charge in [0.15, 0.2) is 0 Å². The summed E-state index contributed by atoms with van der Waals surface area (Å²) in [5.41, 5.74) is 1.18. The number of aliphatic hydroxyl groups is 1. The van der Waals surface area contributed by atoms with Crippen molar-refractivity contribution in [2.75, 3.05) is 5.32 Å². The summed E-state index contributed by atoms with van der Waals surface area (Å²) in [6, 6.07) is 8.79. The third-order valence-electron chi connectivity index (χ3n) is 3.74. The molecule has 0 atom stereocenters. The van der Waals surface area contributed by atoms with Gasteiger partial charge < -0.3 is 10.4 Å². The van der Waals surface area contributed by atoms with E-state index >= 15 is 0 Å². The second-order valence-corrected chi connectivity index (χ2v) is 5.05. The second-order valence-electron chi connectivity index (χ2n) is 5.05. The van der Waals surface area contributed by atoms with Gasteiger partial charge in [-0.3, -0.25) is 4.98 Å². The molecule has 2 aromatic rings. The first-order valence-corrected chi connectivity index (χ1v) is 6.60. The minimum Gasteiger partial charge on any atom is -0.393 e. The number of nitrogens with one attached hydrogen (secondary N) is 1. The Hall–Kier alpha value is -1.61. The zero-order valence-electron chi connectivity index (χ0n) is 10.3. The van der Waals surface area contributed by atoms with Crippen molar-refractivity contribution >= 4 is 16.5 Å². The van der Waals surface area contributed by atoms with Crippen LogP contribution < -0.4 is 5.32 Å². The maximum atomic E-state index is 9.53. The number of aromatic nitrogens is 1. The number of aliphatic hydroxyl groups excluding tert-OH is 1. The standard InChI is InChI=1S/C15H18N2O/c18-13-6-4-12(5-7-13)17-15-3-1-2-11-10-16-9-8-14(11)15/h1-3,8-10,12-13,17-18H,4-7H2. The molecule has 3 rings (SSSR count). The van der Waals surface area contributed by atoms with Gasteiger partial charge >= 0.3 is 0 Å². The van der Waals surface area contributed by atoms with Crippen molar-refractivity contribution < 1.29 is 5.11 Å². The fourth-order valence-electron chi connectivity index (χ4n) is 2.69. The number of hydrogen-bond donors (Lipinski definition) is 2. The average Bonchev–Trinajstić information content (AvgIpc) is 2.42. The van der Waals surface area contributed by atoms with Crippen LogP contribution in [-0.2, 0) is 0 Å². The molecule has 0 unspecified atom stereocenters. The maximum absolute atomic E-state index is 9.53. The van der Waals surface area contributed by atoms with Crippen LogP contribution in [-0.4, -0.2) is 22.2 Å². The first-order valence-electron chi connectivity index (χ1n) is 6.60. The van der Waals surface area contributed by atoms with Gasteiger partial charge in [0.05, 0.1) is 6.10 Å². The average molecular weight is 242 g/mol. The van der Waals surface area contributed by atoms with E-state index in [0.717, 1.165) is 25.7 Å². The third kappa shape index (κ3) is 2.31. The molecule has 2 N–H and O–H groups in total. The molecule has 1 aliphatic rings. The Morgan fingerprint density at radius 3 is 2.78 bits per heavy atom. The maximum Gasteiger partial charge on any atom is 0.0541 e. The molecule has 1 fully saturated rings. The van der Waals surface area contributed by atoms with Crippen molar-refractivity contribution in [3.8, 4) is 0 Å². The van der Waals surface area contributed by atoms with E-state index < -0.39 is 0 Å². The fraction of sp³-hybridized carbons (Fsp3) is 0.400. The SMILES string of the molecule is OC1CCC(Nc2cccc3cnccc23)CC1. The highest BCUT2D eigenvalue weighted by Crippen LogP contribution is 2.27. The Kier molecular flexibility index (Phi) is 3.15. The zero-order chi connectivity index (χ0) is 12.4. The molecule has 0 spiro atoms. The Balaban J connectivity index is 1.82. The number of pyridine rings is 1. The summed E-state index contributed by atoms with van der Waals surface area (Å²) in [4.78, 5) is 4.15. The van der Waals surface area contributed by atoms with E-state index in [1.807, 2.05) is 12.4 Å². The number of fused-ring (bicyclic) bond motifs is 1. The molecule has 1 aromatic carbocycles. The van der Waals surface area contributed by atoms with Crippen LogP contribution >= 0.6 is 0 Å². The normalized spacial score (nSPS) is 24.1. The highest BCUT2D eigenvalue weighted by atomic mass is 16.3. The molecule has 0 aliphatic heterocycles. The lowest BCUT2D eigenvalue weighted by Crippen LogP contribution is -2.28. The molecule has 18 heavy (non-hydrogen) atoms. The predicted molar refractivity (Wildman–Crippen MR) is 73.6 cm³/mol. The van der Waals surface area contributed by atoms with E-state index in [4.69, 9.17) is 0 Å². The lowest BCUT2D eigenvalue weighted by Gasteiger charge is -2.27. The molecule has 1 aliphatic carbocycles. The minimum absolute atomic E-state index is 0.0974. The predicted octanol–water partition coefficient (Wildman–Crippen LogP) is 2.95.